The zero-order chi connectivity index (χ0) is 16.8. The molecule has 0 radical (unpaired) electrons. The molecule has 128 valence electrons. The highest BCUT2D eigenvalue weighted by molar-refractivity contribution is 5.80. The number of nitrogens with one attached hydrogen (secondary N) is 2. The molecule has 2 aromatic heterocycles. The number of aromatic nitrogens is 3. The summed E-state index contributed by atoms with van der Waals surface area (Å²) in [7, 11) is 1.75. The summed E-state index contributed by atoms with van der Waals surface area (Å²) >= 11 is 0. The van der Waals surface area contributed by atoms with Gasteiger partial charge in [0.25, 0.3) is 0 Å². The van der Waals surface area contributed by atoms with E-state index < -0.39 is 0 Å². The van der Waals surface area contributed by atoms with E-state index in [1.165, 1.54) is 6.07 Å². The molecule has 3 heterocycles. The standard InChI is InChI=1S/C16H22FN7/c1-18-16(21-7-10-23-9-6-19-12-23)22-13-4-8-24(11-13)15-14(17)3-2-5-20-15/h2-3,5-6,9,12-13H,4,7-8,10-11H2,1H3,(H2,18,21,22). The van der Waals surface area contributed by atoms with Crippen molar-refractivity contribution in [1.29, 1.82) is 0 Å². The third kappa shape index (κ3) is 4.01. The molecule has 0 amide bonds. The molecular formula is C16H22FN7. The van der Waals surface area contributed by atoms with Gasteiger partial charge in [0.1, 0.15) is 0 Å². The maximum atomic E-state index is 13.8. The monoisotopic (exact) mass is 331 g/mol. The van der Waals surface area contributed by atoms with Gasteiger partial charge >= 0.3 is 0 Å². The van der Waals surface area contributed by atoms with Crippen molar-refractivity contribution in [3.8, 4) is 0 Å². The number of guanidine groups is 1. The summed E-state index contributed by atoms with van der Waals surface area (Å²) in [4.78, 5) is 14.4. The van der Waals surface area contributed by atoms with Crippen LogP contribution in [-0.2, 0) is 6.54 Å². The van der Waals surface area contributed by atoms with E-state index in [4.69, 9.17) is 0 Å². The van der Waals surface area contributed by atoms with E-state index in [1.54, 1.807) is 31.8 Å². The minimum absolute atomic E-state index is 0.214. The lowest BCUT2D eigenvalue weighted by molar-refractivity contribution is 0.610. The number of anilines is 1. The van der Waals surface area contributed by atoms with Crippen LogP contribution in [0.1, 0.15) is 6.42 Å². The smallest absolute Gasteiger partial charge is 0.191 e. The van der Waals surface area contributed by atoms with E-state index in [9.17, 15) is 4.39 Å². The van der Waals surface area contributed by atoms with Crippen LogP contribution in [0.3, 0.4) is 0 Å². The molecule has 2 N–H and O–H groups in total. The largest absolute Gasteiger partial charge is 0.355 e. The van der Waals surface area contributed by atoms with Gasteiger partial charge in [-0.05, 0) is 18.6 Å². The minimum Gasteiger partial charge on any atom is -0.355 e. The number of aliphatic imine (C=N–C) groups is 1. The van der Waals surface area contributed by atoms with Crippen molar-refractivity contribution in [2.75, 3.05) is 31.6 Å². The average Bonchev–Trinajstić information content (AvgIpc) is 3.26. The fourth-order valence-electron chi connectivity index (χ4n) is 2.79. The predicted octanol–water partition coefficient (Wildman–Crippen LogP) is 0.861. The van der Waals surface area contributed by atoms with Gasteiger partial charge in [0.05, 0.1) is 6.33 Å². The first-order valence-corrected chi connectivity index (χ1v) is 8.04. The van der Waals surface area contributed by atoms with E-state index in [1.807, 2.05) is 15.7 Å². The molecule has 1 unspecified atom stereocenters. The molecule has 1 saturated heterocycles. The van der Waals surface area contributed by atoms with Crippen molar-refractivity contribution in [2.24, 2.45) is 4.99 Å². The first kappa shape index (κ1) is 16.2. The normalized spacial score (nSPS) is 18.0. The molecule has 8 heteroatoms. The number of nitrogens with zero attached hydrogens (tertiary/aromatic N) is 5. The van der Waals surface area contributed by atoms with E-state index in [0.29, 0.717) is 12.4 Å². The Balaban J connectivity index is 1.47. The number of rotatable bonds is 5. The Bertz CT molecular complexity index is 671. The molecule has 1 fully saturated rings. The lowest BCUT2D eigenvalue weighted by Gasteiger charge is -2.20. The summed E-state index contributed by atoms with van der Waals surface area (Å²) in [6, 6.07) is 3.27. The highest BCUT2D eigenvalue weighted by Gasteiger charge is 2.25. The van der Waals surface area contributed by atoms with Crippen molar-refractivity contribution in [1.82, 2.24) is 25.2 Å². The van der Waals surface area contributed by atoms with Crippen LogP contribution < -0.4 is 15.5 Å². The molecule has 0 spiro atoms. The van der Waals surface area contributed by atoms with Gasteiger partial charge in [-0.15, -0.1) is 0 Å². The van der Waals surface area contributed by atoms with Crippen LogP contribution in [0.25, 0.3) is 0 Å². The van der Waals surface area contributed by atoms with Crippen LogP contribution in [-0.4, -0.2) is 53.2 Å². The van der Waals surface area contributed by atoms with Crippen molar-refractivity contribution >= 4 is 11.8 Å². The molecule has 0 aliphatic carbocycles. The Morgan fingerprint density at radius 2 is 2.38 bits per heavy atom. The van der Waals surface area contributed by atoms with E-state index in [2.05, 4.69) is 25.6 Å². The fraction of sp³-hybridized carbons (Fsp3) is 0.438. The van der Waals surface area contributed by atoms with Crippen LogP contribution >= 0.6 is 0 Å². The molecular weight excluding hydrogens is 309 g/mol. The number of hydrogen-bond donors (Lipinski definition) is 2. The minimum atomic E-state index is -0.277. The van der Waals surface area contributed by atoms with Gasteiger partial charge in [0.15, 0.2) is 17.6 Å². The van der Waals surface area contributed by atoms with Gasteiger partial charge in [-0.25, -0.2) is 14.4 Å². The number of halogens is 1. The van der Waals surface area contributed by atoms with Crippen molar-refractivity contribution in [3.05, 3.63) is 42.9 Å². The van der Waals surface area contributed by atoms with E-state index in [0.717, 1.165) is 32.0 Å². The van der Waals surface area contributed by atoms with Gasteiger partial charge < -0.3 is 20.1 Å². The lowest BCUT2D eigenvalue weighted by atomic mass is 10.3. The van der Waals surface area contributed by atoms with Gasteiger partial charge in [0, 0.05) is 57.9 Å². The topological polar surface area (TPSA) is 70.4 Å². The molecule has 0 aromatic carbocycles. The second-order valence-corrected chi connectivity index (χ2v) is 5.68. The first-order chi connectivity index (χ1) is 11.8. The Morgan fingerprint density at radius 3 is 3.12 bits per heavy atom. The zero-order valence-electron chi connectivity index (χ0n) is 13.7. The molecule has 1 aliphatic rings. The molecule has 0 saturated carbocycles. The SMILES string of the molecule is CN=C(NCCn1ccnc1)NC1CCN(c2ncccc2F)C1. The van der Waals surface area contributed by atoms with Gasteiger partial charge in [-0.2, -0.15) is 0 Å². The van der Waals surface area contributed by atoms with Crippen LogP contribution in [0, 0.1) is 5.82 Å². The Hall–Kier alpha value is -2.64. The number of hydrogen-bond acceptors (Lipinski definition) is 4. The second-order valence-electron chi connectivity index (χ2n) is 5.68. The van der Waals surface area contributed by atoms with Gasteiger partial charge in [0.2, 0.25) is 0 Å². The molecule has 2 aromatic rings. The molecule has 1 atom stereocenters. The Kier molecular flexibility index (Phi) is 5.25. The summed E-state index contributed by atoms with van der Waals surface area (Å²) in [5.74, 6) is 0.898. The molecule has 1 aliphatic heterocycles. The van der Waals surface area contributed by atoms with Gasteiger partial charge in [-0.3, -0.25) is 4.99 Å². The zero-order valence-corrected chi connectivity index (χ0v) is 13.7. The van der Waals surface area contributed by atoms with Crippen LogP contribution in [0.2, 0.25) is 0 Å². The third-order valence-electron chi connectivity index (χ3n) is 4.01. The van der Waals surface area contributed by atoms with Crippen molar-refractivity contribution < 1.29 is 4.39 Å². The van der Waals surface area contributed by atoms with Gasteiger partial charge in [-0.1, -0.05) is 0 Å². The maximum Gasteiger partial charge on any atom is 0.191 e. The number of pyridine rings is 1. The van der Waals surface area contributed by atoms with Crippen LogP contribution in [0.15, 0.2) is 42.0 Å². The summed E-state index contributed by atoms with van der Waals surface area (Å²) < 4.78 is 15.8. The fourth-order valence-corrected chi connectivity index (χ4v) is 2.79. The second kappa shape index (κ2) is 7.76. The summed E-state index contributed by atoms with van der Waals surface area (Å²) in [6.07, 6.45) is 8.01. The molecule has 24 heavy (non-hydrogen) atoms. The first-order valence-electron chi connectivity index (χ1n) is 8.04. The highest BCUT2D eigenvalue weighted by atomic mass is 19.1. The Labute approximate surface area is 140 Å². The quantitative estimate of drug-likeness (QED) is 0.628. The molecule has 7 nitrogen and oxygen atoms in total. The third-order valence-corrected chi connectivity index (χ3v) is 4.01. The van der Waals surface area contributed by atoms with E-state index >= 15 is 0 Å². The van der Waals surface area contributed by atoms with Crippen molar-refractivity contribution in [2.45, 2.75) is 19.0 Å². The summed E-state index contributed by atoms with van der Waals surface area (Å²) in [5.41, 5.74) is 0. The lowest BCUT2D eigenvalue weighted by Crippen LogP contribution is -2.45. The summed E-state index contributed by atoms with van der Waals surface area (Å²) in [5, 5.41) is 6.67. The molecule has 0 bridgehead atoms. The van der Waals surface area contributed by atoms with Crippen LogP contribution in [0.5, 0.6) is 0 Å². The average molecular weight is 331 g/mol. The van der Waals surface area contributed by atoms with E-state index in [-0.39, 0.29) is 11.9 Å². The number of imidazole rings is 1. The van der Waals surface area contributed by atoms with Crippen LogP contribution in [0.4, 0.5) is 10.2 Å². The van der Waals surface area contributed by atoms with Crippen molar-refractivity contribution in [3.63, 3.8) is 0 Å². The predicted molar refractivity (Wildman–Crippen MR) is 91.5 cm³/mol. The maximum absolute atomic E-state index is 13.8. The Morgan fingerprint density at radius 1 is 1.46 bits per heavy atom. The molecule has 3 rings (SSSR count). The summed E-state index contributed by atoms with van der Waals surface area (Å²) in [6.45, 7) is 3.05. The highest BCUT2D eigenvalue weighted by Crippen LogP contribution is 2.20.